The van der Waals surface area contributed by atoms with Crippen molar-refractivity contribution < 1.29 is 0 Å². The molecule has 1 aliphatic carbocycles. The van der Waals surface area contributed by atoms with Crippen molar-refractivity contribution in [2.75, 3.05) is 13.1 Å². The van der Waals surface area contributed by atoms with E-state index in [9.17, 15) is 0 Å². The number of nitrogens with one attached hydrogen (secondary N) is 2. The zero-order valence-electron chi connectivity index (χ0n) is 15.5. The Hall–Kier alpha value is -1.52. The molecule has 1 aromatic rings. The third-order valence-corrected chi connectivity index (χ3v) is 5.44. The van der Waals surface area contributed by atoms with E-state index in [1.807, 2.05) is 11.7 Å². The zero-order valence-corrected chi connectivity index (χ0v) is 15.5. The van der Waals surface area contributed by atoms with Gasteiger partial charge >= 0.3 is 0 Å². The van der Waals surface area contributed by atoms with E-state index in [1.165, 1.54) is 43.4 Å². The molecule has 0 bridgehead atoms. The molecule has 0 amide bonds. The van der Waals surface area contributed by atoms with Crippen LogP contribution < -0.4 is 10.6 Å². The molecule has 0 spiro atoms. The van der Waals surface area contributed by atoms with Crippen LogP contribution in [0.2, 0.25) is 0 Å². The SMILES string of the molecule is CCNC(=NCc1c(C)nn(C)c1C)NCC1(CC)CCCC1. The fraction of sp³-hybridized carbons (Fsp3) is 0.778. The Labute approximate surface area is 141 Å². The predicted molar refractivity (Wildman–Crippen MR) is 96.7 cm³/mol. The molecule has 5 heteroatoms. The number of aryl methyl sites for hydroxylation is 2. The van der Waals surface area contributed by atoms with Gasteiger partial charge in [-0.3, -0.25) is 4.68 Å². The monoisotopic (exact) mass is 319 g/mol. The van der Waals surface area contributed by atoms with E-state index in [0.717, 1.165) is 24.7 Å². The van der Waals surface area contributed by atoms with Gasteiger partial charge in [-0.25, -0.2) is 4.99 Å². The molecule has 0 aromatic carbocycles. The first-order chi connectivity index (χ1) is 11.0. The van der Waals surface area contributed by atoms with E-state index in [-0.39, 0.29) is 0 Å². The lowest BCUT2D eigenvalue weighted by Gasteiger charge is -2.28. The zero-order chi connectivity index (χ0) is 16.9. The minimum absolute atomic E-state index is 0.469. The van der Waals surface area contributed by atoms with Gasteiger partial charge in [-0.1, -0.05) is 19.8 Å². The highest BCUT2D eigenvalue weighted by atomic mass is 15.3. The average Bonchev–Trinajstić information content (AvgIpc) is 3.10. The molecule has 2 rings (SSSR count). The molecular weight excluding hydrogens is 286 g/mol. The first-order valence-electron chi connectivity index (χ1n) is 9.02. The van der Waals surface area contributed by atoms with Crippen LogP contribution in [0.5, 0.6) is 0 Å². The van der Waals surface area contributed by atoms with Gasteiger partial charge in [0.15, 0.2) is 5.96 Å². The first-order valence-corrected chi connectivity index (χ1v) is 9.02. The average molecular weight is 319 g/mol. The number of guanidine groups is 1. The van der Waals surface area contributed by atoms with Gasteiger partial charge in [-0.05, 0) is 45.4 Å². The molecule has 1 fully saturated rings. The molecule has 1 saturated carbocycles. The van der Waals surface area contributed by atoms with E-state index in [2.05, 4.69) is 43.4 Å². The quantitative estimate of drug-likeness (QED) is 0.626. The van der Waals surface area contributed by atoms with E-state index >= 15 is 0 Å². The maximum atomic E-state index is 4.79. The van der Waals surface area contributed by atoms with Gasteiger partial charge in [0, 0.05) is 31.4 Å². The fourth-order valence-electron chi connectivity index (χ4n) is 3.60. The number of hydrogen-bond donors (Lipinski definition) is 2. The molecular formula is C18H33N5. The summed E-state index contributed by atoms with van der Waals surface area (Å²) in [5.74, 6) is 0.926. The lowest BCUT2D eigenvalue weighted by Crippen LogP contribution is -2.42. The Morgan fingerprint density at radius 1 is 1.22 bits per heavy atom. The Bertz CT molecular complexity index is 538. The maximum absolute atomic E-state index is 4.79. The van der Waals surface area contributed by atoms with Crippen molar-refractivity contribution >= 4 is 5.96 Å². The van der Waals surface area contributed by atoms with Crippen LogP contribution in [0.15, 0.2) is 4.99 Å². The van der Waals surface area contributed by atoms with Gasteiger partial charge in [0.1, 0.15) is 0 Å². The summed E-state index contributed by atoms with van der Waals surface area (Å²) in [4.78, 5) is 4.79. The molecule has 1 heterocycles. The summed E-state index contributed by atoms with van der Waals surface area (Å²) in [7, 11) is 1.99. The summed E-state index contributed by atoms with van der Waals surface area (Å²) in [6.07, 6.45) is 6.68. The van der Waals surface area contributed by atoms with Gasteiger partial charge in [-0.15, -0.1) is 0 Å². The van der Waals surface area contributed by atoms with Crippen LogP contribution in [0.25, 0.3) is 0 Å². The van der Waals surface area contributed by atoms with E-state index in [4.69, 9.17) is 4.99 Å². The Morgan fingerprint density at radius 3 is 2.43 bits per heavy atom. The van der Waals surface area contributed by atoms with E-state index < -0.39 is 0 Å². The molecule has 130 valence electrons. The minimum atomic E-state index is 0.469. The molecule has 0 unspecified atom stereocenters. The van der Waals surface area contributed by atoms with Crippen molar-refractivity contribution in [2.24, 2.45) is 17.5 Å². The van der Waals surface area contributed by atoms with Crippen molar-refractivity contribution in [3.8, 4) is 0 Å². The summed E-state index contributed by atoms with van der Waals surface area (Å²) >= 11 is 0. The molecule has 1 aromatic heterocycles. The molecule has 2 N–H and O–H groups in total. The molecule has 23 heavy (non-hydrogen) atoms. The van der Waals surface area contributed by atoms with Crippen LogP contribution in [-0.4, -0.2) is 28.8 Å². The van der Waals surface area contributed by atoms with Gasteiger partial charge < -0.3 is 10.6 Å². The van der Waals surface area contributed by atoms with Gasteiger partial charge in [0.25, 0.3) is 0 Å². The number of hydrogen-bond acceptors (Lipinski definition) is 2. The Kier molecular flexibility index (Phi) is 6.08. The largest absolute Gasteiger partial charge is 0.357 e. The second kappa shape index (κ2) is 7.84. The van der Waals surface area contributed by atoms with Crippen molar-refractivity contribution in [2.45, 2.75) is 66.3 Å². The van der Waals surface area contributed by atoms with Crippen molar-refractivity contribution in [3.05, 3.63) is 17.0 Å². The predicted octanol–water partition coefficient (Wildman–Crippen LogP) is 3.06. The lowest BCUT2D eigenvalue weighted by atomic mass is 9.83. The van der Waals surface area contributed by atoms with E-state index in [1.54, 1.807) is 0 Å². The van der Waals surface area contributed by atoms with Crippen molar-refractivity contribution in [3.63, 3.8) is 0 Å². The summed E-state index contributed by atoms with van der Waals surface area (Å²) in [5.41, 5.74) is 3.97. The highest BCUT2D eigenvalue weighted by Gasteiger charge is 2.31. The molecule has 0 atom stereocenters. The molecule has 0 saturated heterocycles. The van der Waals surface area contributed by atoms with Crippen LogP contribution in [-0.2, 0) is 13.6 Å². The molecule has 5 nitrogen and oxygen atoms in total. The van der Waals surface area contributed by atoms with Gasteiger partial charge in [0.05, 0.1) is 12.2 Å². The summed E-state index contributed by atoms with van der Waals surface area (Å²) in [6, 6.07) is 0. The highest BCUT2D eigenvalue weighted by Crippen LogP contribution is 2.40. The topological polar surface area (TPSA) is 54.2 Å². The Balaban J connectivity index is 2.02. The third kappa shape index (κ3) is 4.27. The Morgan fingerprint density at radius 2 is 1.91 bits per heavy atom. The first kappa shape index (κ1) is 17.8. The summed E-state index contributed by atoms with van der Waals surface area (Å²) in [5, 5.41) is 11.4. The van der Waals surface area contributed by atoms with Crippen LogP contribution in [0.3, 0.4) is 0 Å². The molecule has 1 aliphatic rings. The minimum Gasteiger partial charge on any atom is -0.357 e. The second-order valence-electron chi connectivity index (χ2n) is 6.88. The third-order valence-electron chi connectivity index (χ3n) is 5.44. The van der Waals surface area contributed by atoms with Crippen LogP contribution in [0.4, 0.5) is 0 Å². The molecule has 0 radical (unpaired) electrons. The number of aliphatic imine (C=N–C) groups is 1. The summed E-state index contributed by atoms with van der Waals surface area (Å²) < 4.78 is 1.94. The van der Waals surface area contributed by atoms with Crippen molar-refractivity contribution in [1.82, 2.24) is 20.4 Å². The van der Waals surface area contributed by atoms with Crippen LogP contribution in [0.1, 0.15) is 62.9 Å². The van der Waals surface area contributed by atoms with Gasteiger partial charge in [-0.2, -0.15) is 5.10 Å². The highest BCUT2D eigenvalue weighted by molar-refractivity contribution is 5.79. The maximum Gasteiger partial charge on any atom is 0.191 e. The van der Waals surface area contributed by atoms with E-state index in [0.29, 0.717) is 12.0 Å². The number of rotatable bonds is 6. The molecule has 0 aliphatic heterocycles. The number of nitrogens with zero attached hydrogens (tertiary/aromatic N) is 3. The second-order valence-corrected chi connectivity index (χ2v) is 6.88. The van der Waals surface area contributed by atoms with Gasteiger partial charge in [0.2, 0.25) is 0 Å². The van der Waals surface area contributed by atoms with Crippen molar-refractivity contribution in [1.29, 1.82) is 0 Å². The summed E-state index contributed by atoms with van der Waals surface area (Å²) in [6.45, 7) is 11.2. The van der Waals surface area contributed by atoms with Crippen LogP contribution >= 0.6 is 0 Å². The number of aromatic nitrogens is 2. The fourth-order valence-corrected chi connectivity index (χ4v) is 3.60. The standard InChI is InChI=1S/C18H33N5/c1-6-18(10-8-9-11-18)13-21-17(19-7-2)20-12-16-14(3)22-23(5)15(16)4/h6-13H2,1-5H3,(H2,19,20,21). The lowest BCUT2D eigenvalue weighted by molar-refractivity contribution is 0.283. The van der Waals surface area contributed by atoms with Crippen LogP contribution in [0, 0.1) is 19.3 Å². The normalized spacial score (nSPS) is 17.5. The smallest absolute Gasteiger partial charge is 0.191 e.